The van der Waals surface area contributed by atoms with Crippen LogP contribution in [0.25, 0.3) is 0 Å². The predicted molar refractivity (Wildman–Crippen MR) is 123 cm³/mol. The van der Waals surface area contributed by atoms with Crippen LogP contribution < -0.4 is 0 Å². The molecule has 0 aromatic rings. The van der Waals surface area contributed by atoms with Gasteiger partial charge in [-0.05, 0) is 12.1 Å². The summed E-state index contributed by atoms with van der Waals surface area (Å²) in [6, 6.07) is -2.97. The molecule has 0 aromatic carbocycles. The van der Waals surface area contributed by atoms with Crippen LogP contribution in [0.5, 0.6) is 0 Å². The maximum atomic E-state index is 5.74. The van der Waals surface area contributed by atoms with E-state index in [1.54, 1.807) is 0 Å². The van der Waals surface area contributed by atoms with Gasteiger partial charge in [-0.1, -0.05) is 90.9 Å². The van der Waals surface area contributed by atoms with E-state index in [1.807, 2.05) is 0 Å². The first-order valence-corrected chi connectivity index (χ1v) is 19.7. The Morgan fingerprint density at radius 1 is 0.417 bits per heavy atom. The molecule has 0 N–H and O–H groups in total. The minimum Gasteiger partial charge on any atom is -0.126 e. The molecule has 0 rings (SSSR count). The second kappa shape index (κ2) is 18.5. The third-order valence-electron chi connectivity index (χ3n) is 3.63. The number of unbranched alkanes of at least 4 members (excludes halogenated alkanes) is 10. The smallest absolute Gasteiger partial charge is 0.126 e. The first-order valence-electron chi connectivity index (χ1n) is 9.26. The maximum absolute atomic E-state index is 5.74. The Hall–Kier alpha value is 2.17. The molecule has 0 heterocycles. The SMILES string of the molecule is CCCCCCCC[Si](Cl)(Cl)Cl.CCCCCCCC[Si](Cl)(Cl)Cl. The molecule has 0 saturated carbocycles. The molecule has 0 radical (unpaired) electrons. The fourth-order valence-corrected chi connectivity index (χ4v) is 5.92. The summed E-state index contributed by atoms with van der Waals surface area (Å²) in [7, 11) is 0. The van der Waals surface area contributed by atoms with Crippen molar-refractivity contribution < 1.29 is 0 Å². The molecule has 0 fully saturated rings. The van der Waals surface area contributed by atoms with E-state index in [0.29, 0.717) is 0 Å². The Morgan fingerprint density at radius 3 is 0.917 bits per heavy atom. The van der Waals surface area contributed by atoms with Gasteiger partial charge in [-0.3, -0.25) is 0 Å². The normalized spacial score (nSPS) is 12.0. The van der Waals surface area contributed by atoms with Crippen LogP contribution in [0.3, 0.4) is 0 Å². The summed E-state index contributed by atoms with van der Waals surface area (Å²) in [5.74, 6) is 0. The molecule has 0 saturated heterocycles. The van der Waals surface area contributed by atoms with Crippen molar-refractivity contribution in [3.8, 4) is 0 Å². The second-order valence-electron chi connectivity index (χ2n) is 6.27. The zero-order chi connectivity index (χ0) is 18.9. The van der Waals surface area contributed by atoms with Gasteiger partial charge >= 0.3 is 12.0 Å². The van der Waals surface area contributed by atoms with E-state index in [0.717, 1.165) is 24.9 Å². The molecule has 0 bridgehead atoms. The highest BCUT2D eigenvalue weighted by Crippen LogP contribution is 2.28. The van der Waals surface area contributed by atoms with Gasteiger partial charge < -0.3 is 0 Å². The van der Waals surface area contributed by atoms with Gasteiger partial charge in [-0.15, -0.1) is 66.5 Å². The summed E-state index contributed by atoms with van der Waals surface area (Å²) in [5.41, 5.74) is 0. The van der Waals surface area contributed by atoms with Gasteiger partial charge in [0.25, 0.3) is 0 Å². The second-order valence-corrected chi connectivity index (χ2v) is 24.8. The number of hydrogen-bond acceptors (Lipinski definition) is 0. The molecule has 0 unspecified atom stereocenters. The number of rotatable bonds is 14. The van der Waals surface area contributed by atoms with Gasteiger partial charge in [-0.2, -0.15) is 0 Å². The van der Waals surface area contributed by atoms with E-state index in [4.69, 9.17) is 66.5 Å². The Labute approximate surface area is 180 Å². The van der Waals surface area contributed by atoms with Gasteiger partial charge in [0.2, 0.25) is 0 Å². The Balaban J connectivity index is 0. The molecule has 0 aliphatic heterocycles. The molecule has 0 atom stereocenters. The summed E-state index contributed by atoms with van der Waals surface area (Å²) in [5, 5.41) is 0. The van der Waals surface area contributed by atoms with Crippen LogP contribution in [0.2, 0.25) is 12.1 Å². The van der Waals surface area contributed by atoms with Crippen LogP contribution in [0, 0.1) is 0 Å². The van der Waals surface area contributed by atoms with Crippen molar-refractivity contribution in [3.05, 3.63) is 0 Å². The lowest BCUT2D eigenvalue weighted by atomic mass is 10.1. The molecule has 0 nitrogen and oxygen atoms in total. The third kappa shape index (κ3) is 31.9. The number of halogens is 6. The molecular weight excluding hydrogens is 461 g/mol. The quantitative estimate of drug-likeness (QED) is 0.128. The summed E-state index contributed by atoms with van der Waals surface area (Å²) in [4.78, 5) is 0. The van der Waals surface area contributed by atoms with Crippen LogP contribution >= 0.6 is 66.5 Å². The fraction of sp³-hybridized carbons (Fsp3) is 1.00. The van der Waals surface area contributed by atoms with E-state index >= 15 is 0 Å². The highest BCUT2D eigenvalue weighted by atomic mass is 35.8. The molecule has 8 heteroatoms. The molecule has 0 aromatic heterocycles. The monoisotopic (exact) mass is 492 g/mol. The van der Waals surface area contributed by atoms with E-state index < -0.39 is 12.0 Å². The average Bonchev–Trinajstić information content (AvgIpc) is 2.45. The maximum Gasteiger partial charge on any atom is 0.341 e. The molecule has 0 aliphatic rings. The average molecular weight is 495 g/mol. The lowest BCUT2D eigenvalue weighted by Gasteiger charge is -2.06. The van der Waals surface area contributed by atoms with Gasteiger partial charge in [0.1, 0.15) is 0 Å². The summed E-state index contributed by atoms with van der Waals surface area (Å²) in [6.07, 6.45) is 15.1. The standard InChI is InChI=1S/2C8H17Cl3Si/c2*1-2-3-4-5-6-7-8-12(9,10)11/h2*2-8H2,1H3. The lowest BCUT2D eigenvalue weighted by Crippen LogP contribution is -2.07. The predicted octanol–water partition coefficient (Wildman–Crippen LogP) is 10.0. The minimum absolute atomic E-state index is 0.823. The summed E-state index contributed by atoms with van der Waals surface area (Å²) < 4.78 is 0. The van der Waals surface area contributed by atoms with E-state index in [9.17, 15) is 0 Å². The summed E-state index contributed by atoms with van der Waals surface area (Å²) in [6.45, 7) is 4.43. The van der Waals surface area contributed by atoms with Gasteiger partial charge in [0.05, 0.1) is 0 Å². The largest absolute Gasteiger partial charge is 0.341 e. The first-order chi connectivity index (χ1) is 11.1. The van der Waals surface area contributed by atoms with Crippen LogP contribution in [0.1, 0.15) is 90.9 Å². The van der Waals surface area contributed by atoms with Crippen molar-refractivity contribution in [2.75, 3.05) is 0 Å². The third-order valence-corrected chi connectivity index (χ3v) is 8.87. The highest BCUT2D eigenvalue weighted by Gasteiger charge is 2.23. The molecule has 0 amide bonds. The van der Waals surface area contributed by atoms with Crippen LogP contribution in [-0.4, -0.2) is 12.0 Å². The van der Waals surface area contributed by atoms with Crippen molar-refractivity contribution in [1.29, 1.82) is 0 Å². The molecule has 0 spiro atoms. The van der Waals surface area contributed by atoms with Crippen molar-refractivity contribution in [1.82, 2.24) is 0 Å². The van der Waals surface area contributed by atoms with Crippen molar-refractivity contribution in [2.45, 2.75) is 103 Å². The Morgan fingerprint density at radius 2 is 0.667 bits per heavy atom. The van der Waals surface area contributed by atoms with Crippen LogP contribution in [-0.2, 0) is 0 Å². The van der Waals surface area contributed by atoms with E-state index in [-0.39, 0.29) is 0 Å². The minimum atomic E-state index is -2.31. The van der Waals surface area contributed by atoms with Crippen molar-refractivity contribution in [2.24, 2.45) is 0 Å². The fourth-order valence-electron chi connectivity index (χ4n) is 2.21. The van der Waals surface area contributed by atoms with Crippen LogP contribution in [0.15, 0.2) is 0 Å². The van der Waals surface area contributed by atoms with Gasteiger partial charge in [0.15, 0.2) is 0 Å². The van der Waals surface area contributed by atoms with Crippen LogP contribution in [0.4, 0.5) is 0 Å². The topological polar surface area (TPSA) is 0 Å². The Bertz CT molecular complexity index is 228. The molecular formula is C16H34Cl6Si2. The lowest BCUT2D eigenvalue weighted by molar-refractivity contribution is 0.624. The molecule has 0 aliphatic carbocycles. The zero-order valence-corrected chi connectivity index (χ0v) is 21.7. The van der Waals surface area contributed by atoms with Gasteiger partial charge in [0, 0.05) is 0 Å². The van der Waals surface area contributed by atoms with Gasteiger partial charge in [-0.25, -0.2) is 0 Å². The highest BCUT2D eigenvalue weighted by molar-refractivity contribution is 7.65. The molecule has 148 valence electrons. The molecule has 24 heavy (non-hydrogen) atoms. The van der Waals surface area contributed by atoms with Crippen molar-refractivity contribution >= 4 is 78.5 Å². The first kappa shape index (κ1) is 28.4. The van der Waals surface area contributed by atoms with Crippen molar-refractivity contribution in [3.63, 3.8) is 0 Å². The Kier molecular flexibility index (Phi) is 21.9. The van der Waals surface area contributed by atoms with E-state index in [2.05, 4.69) is 13.8 Å². The zero-order valence-electron chi connectivity index (χ0n) is 15.2. The van der Waals surface area contributed by atoms with E-state index in [1.165, 1.54) is 64.2 Å². The number of hydrogen-bond donors (Lipinski definition) is 0. The summed E-state index contributed by atoms with van der Waals surface area (Å²) >= 11 is 34.5.